The van der Waals surface area contributed by atoms with E-state index in [-0.39, 0.29) is 6.10 Å². The Labute approximate surface area is 140 Å². The predicted molar refractivity (Wildman–Crippen MR) is 91.5 cm³/mol. The van der Waals surface area contributed by atoms with Crippen LogP contribution in [0, 0.1) is 11.3 Å². The fraction of sp³-hybridized carbons (Fsp3) is 0.278. The molecule has 1 saturated heterocycles. The van der Waals surface area contributed by atoms with E-state index in [4.69, 9.17) is 0 Å². The van der Waals surface area contributed by atoms with Crippen LogP contribution in [0.3, 0.4) is 0 Å². The van der Waals surface area contributed by atoms with Crippen molar-refractivity contribution in [2.24, 2.45) is 0 Å². The van der Waals surface area contributed by atoms with Gasteiger partial charge in [0.05, 0.1) is 17.4 Å². The molecule has 1 aromatic carbocycles. The molecule has 0 saturated carbocycles. The number of nitriles is 1. The number of hydrogen-bond donors (Lipinski definition) is 2. The monoisotopic (exact) mass is 322 g/mol. The van der Waals surface area contributed by atoms with Gasteiger partial charge in [0.2, 0.25) is 6.41 Å². The highest BCUT2D eigenvalue weighted by Crippen LogP contribution is 2.29. The van der Waals surface area contributed by atoms with Gasteiger partial charge in [-0.1, -0.05) is 6.07 Å². The Morgan fingerprint density at radius 1 is 1.25 bits per heavy atom. The van der Waals surface area contributed by atoms with Crippen molar-refractivity contribution in [3.05, 3.63) is 42.1 Å². The fourth-order valence-corrected chi connectivity index (χ4v) is 2.94. The minimum atomic E-state index is -0.244. The van der Waals surface area contributed by atoms with Crippen LogP contribution in [0.1, 0.15) is 18.4 Å². The molecule has 1 fully saturated rings. The third-order valence-corrected chi connectivity index (χ3v) is 4.22. The number of aromatic nitrogens is 1. The van der Waals surface area contributed by atoms with E-state index in [1.54, 1.807) is 12.3 Å². The maximum Gasteiger partial charge on any atom is 0.212 e. The lowest BCUT2D eigenvalue weighted by Crippen LogP contribution is -2.36. The van der Waals surface area contributed by atoms with Crippen LogP contribution in [0.4, 0.5) is 11.5 Å². The number of carbonyl (C=O) groups excluding carboxylic acids is 1. The summed E-state index contributed by atoms with van der Waals surface area (Å²) >= 11 is 0. The number of nitrogens with zero attached hydrogens (tertiary/aromatic N) is 3. The molecule has 2 aromatic rings. The van der Waals surface area contributed by atoms with Gasteiger partial charge in [0.1, 0.15) is 11.9 Å². The second-order valence-electron chi connectivity index (χ2n) is 5.75. The molecule has 122 valence electrons. The van der Waals surface area contributed by atoms with Gasteiger partial charge in [-0.05, 0) is 48.2 Å². The number of aliphatic hydroxyl groups excluding tert-OH is 1. The molecule has 24 heavy (non-hydrogen) atoms. The maximum absolute atomic E-state index is 10.5. The van der Waals surface area contributed by atoms with Gasteiger partial charge >= 0.3 is 0 Å². The predicted octanol–water partition coefficient (Wildman–Crippen LogP) is 2.15. The van der Waals surface area contributed by atoms with E-state index >= 15 is 0 Å². The van der Waals surface area contributed by atoms with E-state index in [0.29, 0.717) is 17.8 Å². The largest absolute Gasteiger partial charge is 0.393 e. The Balaban J connectivity index is 1.90. The molecule has 0 unspecified atom stereocenters. The second kappa shape index (κ2) is 7.11. The maximum atomic E-state index is 10.5. The molecule has 1 aliphatic rings. The molecule has 1 aliphatic heterocycles. The van der Waals surface area contributed by atoms with Crippen LogP contribution in [0.5, 0.6) is 0 Å². The van der Waals surface area contributed by atoms with Crippen molar-refractivity contribution in [3.63, 3.8) is 0 Å². The summed E-state index contributed by atoms with van der Waals surface area (Å²) < 4.78 is 0. The fourth-order valence-electron chi connectivity index (χ4n) is 2.94. The van der Waals surface area contributed by atoms with Crippen LogP contribution in [-0.2, 0) is 4.79 Å². The molecule has 0 spiro atoms. The number of amides is 1. The standard InChI is InChI=1S/C18H18N4O2/c19-11-15-9-13(14-3-6-20-18(10-14)21-12-23)1-2-17(15)22-7-4-16(24)5-8-22/h1-3,6,9-10,12,16,24H,4-5,7-8H2,(H,20,21,23). The number of anilines is 2. The molecule has 0 atom stereocenters. The molecule has 0 bridgehead atoms. The highest BCUT2D eigenvalue weighted by Gasteiger charge is 2.19. The van der Waals surface area contributed by atoms with Crippen molar-refractivity contribution in [1.29, 1.82) is 5.26 Å². The first-order chi connectivity index (χ1) is 11.7. The minimum Gasteiger partial charge on any atom is -0.393 e. The Hall–Kier alpha value is -2.91. The molecule has 6 nitrogen and oxygen atoms in total. The Morgan fingerprint density at radius 2 is 2.00 bits per heavy atom. The molecular formula is C18H18N4O2. The number of nitrogens with one attached hydrogen (secondary N) is 1. The summed E-state index contributed by atoms with van der Waals surface area (Å²) in [6, 6.07) is 11.6. The first-order valence-corrected chi connectivity index (χ1v) is 7.85. The van der Waals surface area contributed by atoms with Crippen LogP contribution in [0.25, 0.3) is 11.1 Å². The van der Waals surface area contributed by atoms with E-state index in [9.17, 15) is 15.2 Å². The van der Waals surface area contributed by atoms with Crippen LogP contribution in [0.2, 0.25) is 0 Å². The molecule has 2 N–H and O–H groups in total. The first kappa shape index (κ1) is 16.0. The quantitative estimate of drug-likeness (QED) is 0.842. The third-order valence-electron chi connectivity index (χ3n) is 4.22. The normalized spacial score (nSPS) is 14.9. The molecule has 0 aliphatic carbocycles. The van der Waals surface area contributed by atoms with Crippen LogP contribution < -0.4 is 10.2 Å². The number of rotatable bonds is 4. The average molecular weight is 322 g/mol. The van der Waals surface area contributed by atoms with Crippen LogP contribution in [0.15, 0.2) is 36.5 Å². The van der Waals surface area contributed by atoms with Crippen LogP contribution in [-0.4, -0.2) is 35.7 Å². The summed E-state index contributed by atoms with van der Waals surface area (Å²) in [5.74, 6) is 0.468. The van der Waals surface area contributed by atoms with Crippen molar-refractivity contribution in [3.8, 4) is 17.2 Å². The summed E-state index contributed by atoms with van der Waals surface area (Å²) in [7, 11) is 0. The average Bonchev–Trinajstić information content (AvgIpc) is 2.62. The van der Waals surface area contributed by atoms with E-state index in [1.807, 2.05) is 24.3 Å². The lowest BCUT2D eigenvalue weighted by molar-refractivity contribution is -0.105. The Kier molecular flexibility index (Phi) is 4.73. The van der Waals surface area contributed by atoms with Gasteiger partial charge in [-0.25, -0.2) is 4.98 Å². The van der Waals surface area contributed by atoms with Crippen LogP contribution >= 0.6 is 0 Å². The second-order valence-corrected chi connectivity index (χ2v) is 5.75. The number of aliphatic hydroxyl groups is 1. The third kappa shape index (κ3) is 3.36. The molecule has 3 rings (SSSR count). The zero-order chi connectivity index (χ0) is 16.9. The zero-order valence-corrected chi connectivity index (χ0v) is 13.1. The van der Waals surface area contributed by atoms with Gasteiger partial charge in [-0.3, -0.25) is 4.79 Å². The molecule has 1 aromatic heterocycles. The van der Waals surface area contributed by atoms with Gasteiger partial charge in [0.15, 0.2) is 0 Å². The smallest absolute Gasteiger partial charge is 0.212 e. The number of piperidine rings is 1. The topological polar surface area (TPSA) is 89.2 Å². The van der Waals surface area contributed by atoms with Gasteiger partial charge in [-0.15, -0.1) is 0 Å². The van der Waals surface area contributed by atoms with Crippen molar-refractivity contribution in [2.45, 2.75) is 18.9 Å². The van der Waals surface area contributed by atoms with E-state index in [0.717, 1.165) is 42.7 Å². The number of pyridine rings is 1. The summed E-state index contributed by atoms with van der Waals surface area (Å²) in [4.78, 5) is 16.7. The zero-order valence-electron chi connectivity index (χ0n) is 13.1. The SMILES string of the molecule is N#Cc1cc(-c2ccnc(NC=O)c2)ccc1N1CCC(O)CC1. The first-order valence-electron chi connectivity index (χ1n) is 7.85. The van der Waals surface area contributed by atoms with Gasteiger partial charge < -0.3 is 15.3 Å². The molecule has 6 heteroatoms. The van der Waals surface area contributed by atoms with Gasteiger partial charge in [0, 0.05) is 19.3 Å². The molecule has 1 amide bonds. The summed E-state index contributed by atoms with van der Waals surface area (Å²) in [5.41, 5.74) is 3.27. The van der Waals surface area contributed by atoms with Crippen molar-refractivity contribution < 1.29 is 9.90 Å². The minimum absolute atomic E-state index is 0.244. The summed E-state index contributed by atoms with van der Waals surface area (Å²) in [6.45, 7) is 1.50. The lowest BCUT2D eigenvalue weighted by Gasteiger charge is -2.32. The molecular weight excluding hydrogens is 304 g/mol. The number of carbonyl (C=O) groups is 1. The Morgan fingerprint density at radius 3 is 2.71 bits per heavy atom. The Bertz CT molecular complexity index is 777. The number of hydrogen-bond acceptors (Lipinski definition) is 5. The molecule has 0 radical (unpaired) electrons. The van der Waals surface area contributed by atoms with E-state index < -0.39 is 0 Å². The van der Waals surface area contributed by atoms with E-state index in [1.165, 1.54) is 0 Å². The van der Waals surface area contributed by atoms with Gasteiger partial charge in [-0.2, -0.15) is 5.26 Å². The summed E-state index contributed by atoms with van der Waals surface area (Å²) in [6.07, 6.45) is 3.40. The number of benzene rings is 1. The summed E-state index contributed by atoms with van der Waals surface area (Å²) in [5, 5.41) is 21.7. The van der Waals surface area contributed by atoms with Crippen molar-refractivity contribution in [1.82, 2.24) is 4.98 Å². The molecule has 2 heterocycles. The van der Waals surface area contributed by atoms with E-state index in [2.05, 4.69) is 21.3 Å². The highest BCUT2D eigenvalue weighted by molar-refractivity contribution is 5.76. The van der Waals surface area contributed by atoms with Gasteiger partial charge in [0.25, 0.3) is 0 Å². The van der Waals surface area contributed by atoms with Crippen molar-refractivity contribution in [2.75, 3.05) is 23.3 Å². The lowest BCUT2D eigenvalue weighted by atomic mass is 10.0. The highest BCUT2D eigenvalue weighted by atomic mass is 16.3. The van der Waals surface area contributed by atoms with Crippen molar-refractivity contribution >= 4 is 17.9 Å².